The molecule has 1 N–H and O–H groups in total. The van der Waals surface area contributed by atoms with Gasteiger partial charge in [0.1, 0.15) is 11.4 Å². The molecule has 0 saturated carbocycles. The van der Waals surface area contributed by atoms with Crippen molar-refractivity contribution in [3.05, 3.63) is 144 Å². The highest BCUT2D eigenvalue weighted by Crippen LogP contribution is 2.45. The van der Waals surface area contributed by atoms with E-state index in [2.05, 4.69) is 30.1 Å². The minimum Gasteiger partial charge on any atom is -0.493 e. The Balaban J connectivity index is 1.75. The minimum atomic E-state index is -1.45. The quantitative estimate of drug-likeness (QED) is 0.171. The smallest absolute Gasteiger partial charge is 0.144 e. The van der Waals surface area contributed by atoms with Crippen LogP contribution in [0, 0.1) is 0 Å². The summed E-state index contributed by atoms with van der Waals surface area (Å²) in [5.41, 5.74) is 4.62. The fraction of sp³-hybridized carbons (Fsp3) is 0.147. The van der Waals surface area contributed by atoms with E-state index in [4.69, 9.17) is 4.74 Å². The van der Waals surface area contributed by atoms with Crippen molar-refractivity contribution in [3.63, 3.8) is 0 Å². The number of unbranched alkanes of at least 4 members (excludes halogenated alkanes) is 1. The van der Waals surface area contributed by atoms with Crippen molar-refractivity contribution >= 4 is 0 Å². The maximum absolute atomic E-state index is 12.8. The van der Waals surface area contributed by atoms with Crippen LogP contribution >= 0.6 is 0 Å². The number of aromatic nitrogens is 1. The van der Waals surface area contributed by atoms with E-state index < -0.39 is 5.60 Å². The Morgan fingerprint density at radius 2 is 1.38 bits per heavy atom. The van der Waals surface area contributed by atoms with Crippen molar-refractivity contribution in [2.24, 2.45) is 0 Å². The molecule has 0 aliphatic heterocycles. The summed E-state index contributed by atoms with van der Waals surface area (Å²) < 4.78 is 6.49. The Morgan fingerprint density at radius 1 is 0.703 bits per heavy atom. The molecule has 1 unspecified atom stereocenters. The zero-order chi connectivity index (χ0) is 25.5. The van der Waals surface area contributed by atoms with E-state index in [0.29, 0.717) is 17.9 Å². The zero-order valence-electron chi connectivity index (χ0n) is 21.0. The lowest BCUT2D eigenvalue weighted by atomic mass is 9.78. The van der Waals surface area contributed by atoms with Gasteiger partial charge in [0, 0.05) is 22.9 Å². The molecular weight excluding hydrogens is 454 g/mol. The van der Waals surface area contributed by atoms with Crippen LogP contribution in [0.4, 0.5) is 0 Å². The van der Waals surface area contributed by atoms with Gasteiger partial charge in [-0.25, -0.2) is 0 Å². The van der Waals surface area contributed by atoms with E-state index in [0.717, 1.165) is 46.4 Å². The molecule has 0 bridgehead atoms. The lowest BCUT2D eigenvalue weighted by Gasteiger charge is -2.33. The minimum absolute atomic E-state index is 0.576. The van der Waals surface area contributed by atoms with Gasteiger partial charge in [-0.05, 0) is 41.3 Å². The second-order valence-corrected chi connectivity index (χ2v) is 9.12. The number of hydrogen-bond acceptors (Lipinski definition) is 3. The second kappa shape index (κ2) is 11.2. The Kier molecular flexibility index (Phi) is 7.43. The first kappa shape index (κ1) is 24.5. The Labute approximate surface area is 219 Å². The fourth-order valence-electron chi connectivity index (χ4n) is 4.74. The van der Waals surface area contributed by atoms with Gasteiger partial charge < -0.3 is 9.84 Å². The first-order chi connectivity index (χ1) is 18.2. The van der Waals surface area contributed by atoms with Gasteiger partial charge in [-0.15, -0.1) is 0 Å². The van der Waals surface area contributed by atoms with E-state index in [1.165, 1.54) is 0 Å². The third kappa shape index (κ3) is 5.04. The predicted octanol–water partition coefficient (Wildman–Crippen LogP) is 7.88. The molecule has 0 aliphatic carbocycles. The summed E-state index contributed by atoms with van der Waals surface area (Å²) in [5, 5.41) is 12.8. The topological polar surface area (TPSA) is 42.4 Å². The van der Waals surface area contributed by atoms with Gasteiger partial charge in [0.2, 0.25) is 0 Å². The summed E-state index contributed by atoms with van der Waals surface area (Å²) in [6.45, 7) is 2.73. The third-order valence-electron chi connectivity index (χ3n) is 6.67. The standard InChI is InChI=1S/C34H31NO2/c1-2-3-24-37-33-30(26-14-6-4-7-15-26)20-13-21-31(33)34(36,28-17-8-5-9-18-28)29-19-12-16-27(25-29)32-22-10-11-23-35-32/h4-23,25,36H,2-3,24H2,1H3. The molecule has 3 heteroatoms. The number of ether oxygens (including phenoxy) is 1. The van der Waals surface area contributed by atoms with E-state index in [9.17, 15) is 5.11 Å². The SMILES string of the molecule is CCCCOc1c(-c2ccccc2)cccc1C(O)(c1ccccc1)c1cccc(-c2ccccn2)c1. The first-order valence-electron chi connectivity index (χ1n) is 12.8. The van der Waals surface area contributed by atoms with E-state index in [1.807, 2.05) is 103 Å². The largest absolute Gasteiger partial charge is 0.493 e. The monoisotopic (exact) mass is 485 g/mol. The fourth-order valence-corrected chi connectivity index (χ4v) is 4.74. The summed E-state index contributed by atoms with van der Waals surface area (Å²) >= 11 is 0. The predicted molar refractivity (Wildman–Crippen MR) is 150 cm³/mol. The lowest BCUT2D eigenvalue weighted by Crippen LogP contribution is -2.30. The molecule has 37 heavy (non-hydrogen) atoms. The zero-order valence-corrected chi connectivity index (χ0v) is 21.0. The van der Waals surface area contributed by atoms with E-state index >= 15 is 0 Å². The van der Waals surface area contributed by atoms with Crippen molar-refractivity contribution in [2.45, 2.75) is 25.4 Å². The van der Waals surface area contributed by atoms with Gasteiger partial charge in [0.15, 0.2) is 0 Å². The molecule has 0 amide bonds. The van der Waals surface area contributed by atoms with Crippen LogP contribution in [0.2, 0.25) is 0 Å². The van der Waals surface area contributed by atoms with Crippen LogP contribution in [0.3, 0.4) is 0 Å². The van der Waals surface area contributed by atoms with Gasteiger partial charge in [-0.2, -0.15) is 0 Å². The average molecular weight is 486 g/mol. The maximum atomic E-state index is 12.8. The lowest BCUT2D eigenvalue weighted by molar-refractivity contribution is 0.120. The van der Waals surface area contributed by atoms with Gasteiger partial charge in [-0.3, -0.25) is 4.98 Å². The van der Waals surface area contributed by atoms with Gasteiger partial charge in [-0.1, -0.05) is 116 Å². The molecule has 5 rings (SSSR count). The number of rotatable bonds is 9. The molecule has 5 aromatic rings. The third-order valence-corrected chi connectivity index (χ3v) is 6.67. The Morgan fingerprint density at radius 3 is 2.11 bits per heavy atom. The Hall–Kier alpha value is -4.21. The van der Waals surface area contributed by atoms with Crippen molar-refractivity contribution in [3.8, 4) is 28.1 Å². The van der Waals surface area contributed by atoms with Crippen LogP contribution in [0.5, 0.6) is 5.75 Å². The first-order valence-corrected chi connectivity index (χ1v) is 12.8. The van der Waals surface area contributed by atoms with Crippen molar-refractivity contribution in [2.75, 3.05) is 6.61 Å². The summed E-state index contributed by atoms with van der Waals surface area (Å²) in [5.74, 6) is 0.705. The highest BCUT2D eigenvalue weighted by Gasteiger charge is 2.37. The molecular formula is C34H31NO2. The highest BCUT2D eigenvalue weighted by molar-refractivity contribution is 5.74. The maximum Gasteiger partial charge on any atom is 0.144 e. The number of aliphatic hydroxyl groups is 1. The van der Waals surface area contributed by atoms with Crippen LogP contribution in [0.1, 0.15) is 36.5 Å². The number of pyridine rings is 1. The van der Waals surface area contributed by atoms with Crippen LogP contribution in [-0.2, 0) is 5.60 Å². The molecule has 3 nitrogen and oxygen atoms in total. The Bertz CT molecular complexity index is 1440. The van der Waals surface area contributed by atoms with Crippen molar-refractivity contribution in [1.82, 2.24) is 4.98 Å². The molecule has 4 aromatic carbocycles. The van der Waals surface area contributed by atoms with Crippen LogP contribution in [0.25, 0.3) is 22.4 Å². The van der Waals surface area contributed by atoms with Gasteiger partial charge in [0.05, 0.1) is 12.3 Å². The molecule has 1 atom stereocenters. The van der Waals surface area contributed by atoms with Gasteiger partial charge in [0.25, 0.3) is 0 Å². The summed E-state index contributed by atoms with van der Waals surface area (Å²) in [6, 6.07) is 40.0. The normalized spacial score (nSPS) is 12.6. The molecule has 0 spiro atoms. The van der Waals surface area contributed by atoms with Crippen LogP contribution in [-0.4, -0.2) is 16.7 Å². The van der Waals surface area contributed by atoms with Crippen molar-refractivity contribution < 1.29 is 9.84 Å². The molecule has 0 aliphatic rings. The summed E-state index contributed by atoms with van der Waals surface area (Å²) in [4.78, 5) is 4.53. The number of para-hydroxylation sites is 1. The summed E-state index contributed by atoms with van der Waals surface area (Å²) in [7, 11) is 0. The van der Waals surface area contributed by atoms with Gasteiger partial charge >= 0.3 is 0 Å². The average Bonchev–Trinajstić information content (AvgIpc) is 2.98. The highest BCUT2D eigenvalue weighted by atomic mass is 16.5. The number of hydrogen-bond donors (Lipinski definition) is 1. The number of nitrogens with zero attached hydrogens (tertiary/aromatic N) is 1. The summed E-state index contributed by atoms with van der Waals surface area (Å²) in [6.07, 6.45) is 3.74. The van der Waals surface area contributed by atoms with E-state index in [1.54, 1.807) is 6.20 Å². The van der Waals surface area contributed by atoms with Crippen LogP contribution < -0.4 is 4.74 Å². The van der Waals surface area contributed by atoms with Crippen LogP contribution in [0.15, 0.2) is 128 Å². The molecule has 0 fully saturated rings. The van der Waals surface area contributed by atoms with E-state index in [-0.39, 0.29) is 0 Å². The molecule has 1 aromatic heterocycles. The molecule has 1 heterocycles. The number of benzene rings is 4. The molecule has 184 valence electrons. The molecule has 0 saturated heterocycles. The van der Waals surface area contributed by atoms with Crippen molar-refractivity contribution in [1.29, 1.82) is 0 Å². The molecule has 0 radical (unpaired) electrons. The second-order valence-electron chi connectivity index (χ2n) is 9.12.